The van der Waals surface area contributed by atoms with Crippen LogP contribution in [0.5, 0.6) is 0 Å². The van der Waals surface area contributed by atoms with Gasteiger partial charge < -0.3 is 20.4 Å². The highest BCUT2D eigenvalue weighted by molar-refractivity contribution is 5.80. The number of para-hydroxylation sites is 1. The molecular weight excluding hydrogens is 326 g/mol. The van der Waals surface area contributed by atoms with Gasteiger partial charge in [0.25, 0.3) is 0 Å². The van der Waals surface area contributed by atoms with Crippen LogP contribution in [0.3, 0.4) is 0 Å². The van der Waals surface area contributed by atoms with E-state index < -0.39 is 0 Å². The van der Waals surface area contributed by atoms with Crippen molar-refractivity contribution in [1.29, 1.82) is 0 Å². The number of carbonyl (C=O) groups excluding carboxylic acids is 1. The molecule has 26 heavy (non-hydrogen) atoms. The molecule has 0 spiro atoms. The van der Waals surface area contributed by atoms with Gasteiger partial charge >= 0.3 is 0 Å². The zero-order chi connectivity index (χ0) is 18.8. The molecule has 1 saturated heterocycles. The van der Waals surface area contributed by atoms with Crippen molar-refractivity contribution in [1.82, 2.24) is 15.5 Å². The molecule has 2 rings (SSSR count). The number of anilines is 1. The molecule has 0 radical (unpaired) electrons. The average molecular weight is 360 g/mol. The fraction of sp³-hybridized carbons (Fsp3) is 0.600. The molecule has 1 aromatic rings. The fourth-order valence-corrected chi connectivity index (χ4v) is 3.02. The van der Waals surface area contributed by atoms with Gasteiger partial charge in [-0.25, -0.2) is 0 Å². The molecule has 0 aromatic heterocycles. The van der Waals surface area contributed by atoms with Crippen molar-refractivity contribution in [3.8, 4) is 0 Å². The number of guanidine groups is 1. The number of likely N-dealkylation sites (N-methyl/N-ethyl adjacent to an activating group) is 1. The van der Waals surface area contributed by atoms with Crippen molar-refractivity contribution < 1.29 is 4.79 Å². The first kappa shape index (κ1) is 20.1. The minimum absolute atomic E-state index is 0.295. The molecular formula is C20H33N5O. The molecule has 1 heterocycles. The smallest absolute Gasteiger partial charge is 0.222 e. The summed E-state index contributed by atoms with van der Waals surface area (Å²) in [6, 6.07) is 10.7. The van der Waals surface area contributed by atoms with Crippen molar-refractivity contribution >= 4 is 17.6 Å². The zero-order valence-corrected chi connectivity index (χ0v) is 16.4. The first-order valence-electron chi connectivity index (χ1n) is 9.69. The second-order valence-electron chi connectivity index (χ2n) is 6.78. The topological polar surface area (TPSA) is 60.0 Å². The summed E-state index contributed by atoms with van der Waals surface area (Å²) >= 11 is 0. The second kappa shape index (κ2) is 10.7. The van der Waals surface area contributed by atoms with Gasteiger partial charge in [0.2, 0.25) is 5.91 Å². The van der Waals surface area contributed by atoms with Gasteiger partial charge in [0.15, 0.2) is 5.96 Å². The largest absolute Gasteiger partial charge is 0.370 e. The Morgan fingerprint density at radius 2 is 2.08 bits per heavy atom. The lowest BCUT2D eigenvalue weighted by atomic mass is 10.2. The molecule has 1 atom stereocenters. The van der Waals surface area contributed by atoms with Crippen LogP contribution in [0.25, 0.3) is 0 Å². The Morgan fingerprint density at radius 1 is 1.31 bits per heavy atom. The van der Waals surface area contributed by atoms with Crippen LogP contribution in [0, 0.1) is 0 Å². The van der Waals surface area contributed by atoms with E-state index in [4.69, 9.17) is 4.99 Å². The third kappa shape index (κ3) is 6.24. The van der Waals surface area contributed by atoms with Crippen LogP contribution in [0.15, 0.2) is 35.3 Å². The Kier molecular flexibility index (Phi) is 8.25. The maximum atomic E-state index is 11.6. The van der Waals surface area contributed by atoms with Crippen LogP contribution in [0.1, 0.15) is 33.1 Å². The highest BCUT2D eigenvalue weighted by Crippen LogP contribution is 2.14. The molecule has 1 aliphatic rings. The van der Waals surface area contributed by atoms with E-state index in [2.05, 4.69) is 60.7 Å². The van der Waals surface area contributed by atoms with Crippen LogP contribution >= 0.6 is 0 Å². The molecule has 0 bridgehead atoms. The van der Waals surface area contributed by atoms with Crippen molar-refractivity contribution in [2.45, 2.75) is 39.2 Å². The van der Waals surface area contributed by atoms with E-state index in [1.807, 2.05) is 11.0 Å². The van der Waals surface area contributed by atoms with Crippen LogP contribution < -0.4 is 15.5 Å². The fourth-order valence-electron chi connectivity index (χ4n) is 3.02. The lowest BCUT2D eigenvalue weighted by Crippen LogP contribution is -2.40. The first-order chi connectivity index (χ1) is 12.6. The molecule has 1 aliphatic heterocycles. The minimum Gasteiger partial charge on any atom is -0.370 e. The van der Waals surface area contributed by atoms with Crippen molar-refractivity contribution in [3.63, 3.8) is 0 Å². The number of nitrogens with one attached hydrogen (secondary N) is 2. The van der Waals surface area contributed by atoms with E-state index in [0.29, 0.717) is 24.9 Å². The maximum Gasteiger partial charge on any atom is 0.222 e. The summed E-state index contributed by atoms with van der Waals surface area (Å²) in [5.74, 6) is 1.14. The molecule has 1 aromatic carbocycles. The standard InChI is InChI=1S/C20H33N5O/c1-4-21-20(22-13-9-15-25-14-8-12-19(25)26)23-16-17(2)24(3)18-10-6-5-7-11-18/h5-7,10-11,17H,4,8-9,12-16H2,1-3H3,(H2,21,22,23). The van der Waals surface area contributed by atoms with Gasteiger partial charge in [0, 0.05) is 51.4 Å². The molecule has 1 unspecified atom stereocenters. The van der Waals surface area contributed by atoms with Crippen molar-refractivity contribution in [2.24, 2.45) is 4.99 Å². The quantitative estimate of drug-likeness (QED) is 0.403. The molecule has 144 valence electrons. The van der Waals surface area contributed by atoms with E-state index in [9.17, 15) is 4.79 Å². The van der Waals surface area contributed by atoms with Crippen LogP contribution in [-0.2, 0) is 4.79 Å². The predicted molar refractivity (Wildman–Crippen MR) is 109 cm³/mol. The van der Waals surface area contributed by atoms with Crippen molar-refractivity contribution in [3.05, 3.63) is 30.3 Å². The third-order valence-corrected chi connectivity index (χ3v) is 4.75. The van der Waals surface area contributed by atoms with E-state index in [0.717, 1.165) is 45.0 Å². The third-order valence-electron chi connectivity index (χ3n) is 4.75. The van der Waals surface area contributed by atoms with Crippen LogP contribution in [0.2, 0.25) is 0 Å². The van der Waals surface area contributed by atoms with Gasteiger partial charge in [-0.2, -0.15) is 0 Å². The summed E-state index contributed by atoms with van der Waals surface area (Å²) in [7, 11) is 2.10. The van der Waals surface area contributed by atoms with Gasteiger partial charge in [0.1, 0.15) is 0 Å². The number of likely N-dealkylation sites (tertiary alicyclic amines) is 1. The summed E-state index contributed by atoms with van der Waals surface area (Å²) in [6.07, 6.45) is 2.66. The van der Waals surface area contributed by atoms with Gasteiger partial charge in [-0.3, -0.25) is 9.79 Å². The molecule has 0 aliphatic carbocycles. The van der Waals surface area contributed by atoms with Gasteiger partial charge in [0.05, 0.1) is 6.54 Å². The van der Waals surface area contributed by atoms with E-state index in [1.165, 1.54) is 5.69 Å². The summed E-state index contributed by atoms with van der Waals surface area (Å²) in [5, 5.41) is 6.67. The molecule has 6 heteroatoms. The lowest BCUT2D eigenvalue weighted by Gasteiger charge is -2.26. The van der Waals surface area contributed by atoms with Crippen molar-refractivity contribution in [2.75, 3.05) is 44.7 Å². The number of aliphatic imine (C=N–C) groups is 1. The van der Waals surface area contributed by atoms with Gasteiger partial charge in [-0.1, -0.05) is 18.2 Å². The monoisotopic (exact) mass is 359 g/mol. The highest BCUT2D eigenvalue weighted by atomic mass is 16.2. The summed E-state index contributed by atoms with van der Waals surface area (Å²) in [4.78, 5) is 20.5. The summed E-state index contributed by atoms with van der Waals surface area (Å²) in [6.45, 7) is 8.36. The number of amides is 1. The van der Waals surface area contributed by atoms with Gasteiger partial charge in [-0.15, -0.1) is 0 Å². The second-order valence-corrected chi connectivity index (χ2v) is 6.78. The number of carbonyl (C=O) groups is 1. The number of hydrogen-bond acceptors (Lipinski definition) is 3. The lowest BCUT2D eigenvalue weighted by molar-refractivity contribution is -0.127. The zero-order valence-electron chi connectivity index (χ0n) is 16.4. The molecule has 1 fully saturated rings. The van der Waals surface area contributed by atoms with Gasteiger partial charge in [-0.05, 0) is 38.8 Å². The maximum absolute atomic E-state index is 11.6. The number of hydrogen-bond donors (Lipinski definition) is 2. The Morgan fingerprint density at radius 3 is 2.73 bits per heavy atom. The molecule has 1 amide bonds. The predicted octanol–water partition coefficient (Wildman–Crippen LogP) is 2.08. The Hall–Kier alpha value is -2.24. The van der Waals surface area contributed by atoms with E-state index >= 15 is 0 Å². The summed E-state index contributed by atoms with van der Waals surface area (Å²) < 4.78 is 0. The molecule has 2 N–H and O–H groups in total. The SMILES string of the molecule is CCNC(=NCC(C)N(C)c1ccccc1)NCCCN1CCCC1=O. The Balaban J connectivity index is 1.76. The minimum atomic E-state index is 0.295. The number of nitrogens with zero attached hydrogens (tertiary/aromatic N) is 3. The highest BCUT2D eigenvalue weighted by Gasteiger charge is 2.19. The molecule has 0 saturated carbocycles. The summed E-state index contributed by atoms with van der Waals surface area (Å²) in [5.41, 5.74) is 1.20. The first-order valence-corrected chi connectivity index (χ1v) is 9.69. The van der Waals surface area contributed by atoms with E-state index in [-0.39, 0.29) is 0 Å². The van der Waals surface area contributed by atoms with Crippen LogP contribution in [-0.4, -0.2) is 62.6 Å². The average Bonchev–Trinajstić information content (AvgIpc) is 3.07. The normalized spacial score (nSPS) is 15.9. The number of rotatable bonds is 9. The van der Waals surface area contributed by atoms with Crippen LogP contribution in [0.4, 0.5) is 5.69 Å². The Labute approximate surface area is 157 Å². The van der Waals surface area contributed by atoms with E-state index in [1.54, 1.807) is 0 Å². The molecule has 6 nitrogen and oxygen atoms in total. The Bertz CT molecular complexity index is 575. The number of benzene rings is 1.